The fraction of sp³-hybridized carbons (Fsp3) is 0.286. The number of carbonyl (C=O) groups excluding carboxylic acids is 1. The molecule has 1 atom stereocenters. The Kier molecular flexibility index (Phi) is 6.43. The van der Waals surface area contributed by atoms with Crippen LogP contribution >= 0.6 is 11.8 Å². The van der Waals surface area contributed by atoms with Crippen molar-refractivity contribution in [2.24, 2.45) is 0 Å². The van der Waals surface area contributed by atoms with Crippen molar-refractivity contribution in [3.63, 3.8) is 0 Å². The minimum Gasteiger partial charge on any atom is -0.497 e. The lowest BCUT2D eigenvalue weighted by atomic mass is 10.1. The summed E-state index contributed by atoms with van der Waals surface area (Å²) in [6, 6.07) is 11.2. The zero-order chi connectivity index (χ0) is 21.0. The Bertz CT molecular complexity index is 976. The highest BCUT2D eigenvalue weighted by Crippen LogP contribution is 2.32. The highest BCUT2D eigenvalue weighted by molar-refractivity contribution is 8.00. The zero-order valence-corrected chi connectivity index (χ0v) is 17.8. The van der Waals surface area contributed by atoms with Crippen LogP contribution in [0.25, 0.3) is 11.5 Å². The first kappa shape index (κ1) is 20.7. The fourth-order valence-corrected chi connectivity index (χ4v) is 3.43. The number of carbonyl (C=O) groups is 1. The molecule has 0 spiro atoms. The van der Waals surface area contributed by atoms with Gasteiger partial charge in [0, 0.05) is 17.3 Å². The van der Waals surface area contributed by atoms with E-state index in [9.17, 15) is 4.79 Å². The van der Waals surface area contributed by atoms with Crippen molar-refractivity contribution in [3.8, 4) is 23.0 Å². The Hall–Kier alpha value is -3.00. The quantitative estimate of drug-likeness (QED) is 0.571. The molecule has 152 valence electrons. The van der Waals surface area contributed by atoms with E-state index in [1.54, 1.807) is 39.3 Å². The predicted molar refractivity (Wildman–Crippen MR) is 113 cm³/mol. The summed E-state index contributed by atoms with van der Waals surface area (Å²) in [6.45, 7) is 5.73. The van der Waals surface area contributed by atoms with Gasteiger partial charge in [-0.2, -0.15) is 0 Å². The summed E-state index contributed by atoms with van der Waals surface area (Å²) in [5.41, 5.74) is 3.54. The molecule has 0 saturated carbocycles. The molecule has 1 amide bonds. The molecule has 1 N–H and O–H groups in total. The molecule has 1 aromatic heterocycles. The van der Waals surface area contributed by atoms with E-state index in [2.05, 4.69) is 15.5 Å². The van der Waals surface area contributed by atoms with Crippen molar-refractivity contribution in [2.75, 3.05) is 19.5 Å². The number of anilines is 1. The number of methoxy groups -OCH3 is 2. The average molecular weight is 413 g/mol. The van der Waals surface area contributed by atoms with Gasteiger partial charge in [0.25, 0.3) is 5.22 Å². The van der Waals surface area contributed by atoms with Crippen molar-refractivity contribution in [2.45, 2.75) is 31.2 Å². The molecule has 3 aromatic rings. The molecule has 1 heterocycles. The van der Waals surface area contributed by atoms with Gasteiger partial charge in [0.15, 0.2) is 0 Å². The monoisotopic (exact) mass is 413 g/mol. The van der Waals surface area contributed by atoms with E-state index in [4.69, 9.17) is 13.9 Å². The summed E-state index contributed by atoms with van der Waals surface area (Å²) in [7, 11) is 3.15. The maximum absolute atomic E-state index is 12.6. The number of ether oxygens (including phenoxy) is 2. The molecule has 3 rings (SSSR count). The molecule has 2 aromatic carbocycles. The SMILES string of the molecule is COc1cc(OC)cc(-c2nnc(S[C@H](C)C(=O)Nc3c(C)cccc3C)o2)c1. The number of nitrogens with one attached hydrogen (secondary N) is 1. The highest BCUT2D eigenvalue weighted by Gasteiger charge is 2.20. The third kappa shape index (κ3) is 4.89. The Balaban J connectivity index is 1.72. The van der Waals surface area contributed by atoms with Crippen LogP contribution in [0.4, 0.5) is 5.69 Å². The van der Waals surface area contributed by atoms with Crippen molar-refractivity contribution in [1.29, 1.82) is 0 Å². The normalized spacial score (nSPS) is 11.8. The van der Waals surface area contributed by atoms with Crippen molar-refractivity contribution in [1.82, 2.24) is 10.2 Å². The van der Waals surface area contributed by atoms with Crippen LogP contribution in [0, 0.1) is 13.8 Å². The van der Waals surface area contributed by atoms with Crippen LogP contribution in [0.5, 0.6) is 11.5 Å². The van der Waals surface area contributed by atoms with Crippen LogP contribution in [0.1, 0.15) is 18.1 Å². The van der Waals surface area contributed by atoms with Crippen molar-refractivity contribution < 1.29 is 18.7 Å². The number of hydrogen-bond donors (Lipinski definition) is 1. The van der Waals surface area contributed by atoms with E-state index in [1.165, 1.54) is 11.8 Å². The second-order valence-electron chi connectivity index (χ2n) is 6.49. The van der Waals surface area contributed by atoms with Crippen LogP contribution in [-0.4, -0.2) is 35.6 Å². The summed E-state index contributed by atoms with van der Waals surface area (Å²) in [5.74, 6) is 1.43. The van der Waals surface area contributed by atoms with Gasteiger partial charge in [-0.1, -0.05) is 30.0 Å². The molecule has 0 radical (unpaired) electrons. The minimum absolute atomic E-state index is 0.129. The van der Waals surface area contributed by atoms with E-state index >= 15 is 0 Å². The number of hydrogen-bond acceptors (Lipinski definition) is 7. The van der Waals surface area contributed by atoms with Crippen LogP contribution in [0.15, 0.2) is 46.0 Å². The second kappa shape index (κ2) is 9.00. The molecular formula is C21H23N3O4S. The largest absolute Gasteiger partial charge is 0.497 e. The van der Waals surface area contributed by atoms with Gasteiger partial charge in [0.05, 0.1) is 19.5 Å². The first-order valence-corrected chi connectivity index (χ1v) is 9.90. The van der Waals surface area contributed by atoms with Crippen molar-refractivity contribution in [3.05, 3.63) is 47.5 Å². The number of aromatic nitrogens is 2. The van der Waals surface area contributed by atoms with Crippen LogP contribution in [0.2, 0.25) is 0 Å². The number of nitrogens with zero attached hydrogens (tertiary/aromatic N) is 2. The third-order valence-corrected chi connectivity index (χ3v) is 5.32. The lowest BCUT2D eigenvalue weighted by molar-refractivity contribution is -0.115. The fourth-order valence-electron chi connectivity index (χ4n) is 2.75. The minimum atomic E-state index is -0.415. The highest BCUT2D eigenvalue weighted by atomic mass is 32.2. The number of benzene rings is 2. The van der Waals surface area contributed by atoms with Gasteiger partial charge in [0.2, 0.25) is 11.8 Å². The summed E-state index contributed by atoms with van der Waals surface area (Å²) in [4.78, 5) is 12.6. The molecular weight excluding hydrogens is 390 g/mol. The Morgan fingerprint density at radius 1 is 1.07 bits per heavy atom. The standard InChI is InChI=1S/C21H23N3O4S/c1-12-7-6-8-13(2)18(12)22-19(25)14(3)29-21-24-23-20(28-21)15-9-16(26-4)11-17(10-15)27-5/h6-11,14H,1-5H3,(H,22,25)/t14-/m1/s1. The van der Waals surface area contributed by atoms with Crippen LogP contribution < -0.4 is 14.8 Å². The summed E-state index contributed by atoms with van der Waals surface area (Å²) >= 11 is 1.20. The zero-order valence-electron chi connectivity index (χ0n) is 17.0. The van der Waals surface area contributed by atoms with Gasteiger partial charge in [-0.05, 0) is 44.0 Å². The van der Waals surface area contributed by atoms with E-state index in [-0.39, 0.29) is 5.91 Å². The number of para-hydroxylation sites is 1. The first-order chi connectivity index (χ1) is 13.9. The summed E-state index contributed by atoms with van der Waals surface area (Å²) in [6.07, 6.45) is 0. The molecule has 0 bridgehead atoms. The Morgan fingerprint density at radius 2 is 1.69 bits per heavy atom. The van der Waals surface area contributed by atoms with E-state index < -0.39 is 5.25 Å². The summed E-state index contributed by atoms with van der Waals surface area (Å²) < 4.78 is 16.3. The van der Waals surface area contributed by atoms with Gasteiger partial charge in [-0.3, -0.25) is 4.79 Å². The molecule has 0 aliphatic carbocycles. The molecule has 0 unspecified atom stereocenters. The van der Waals surface area contributed by atoms with Crippen molar-refractivity contribution >= 4 is 23.4 Å². The first-order valence-electron chi connectivity index (χ1n) is 9.02. The Labute approximate surface area is 173 Å². The van der Waals surface area contributed by atoms with Gasteiger partial charge < -0.3 is 19.2 Å². The van der Waals surface area contributed by atoms with Gasteiger partial charge >= 0.3 is 0 Å². The molecule has 7 nitrogen and oxygen atoms in total. The number of aryl methyl sites for hydroxylation is 2. The maximum Gasteiger partial charge on any atom is 0.277 e. The van der Waals surface area contributed by atoms with Gasteiger partial charge in [-0.25, -0.2) is 0 Å². The lowest BCUT2D eigenvalue weighted by Gasteiger charge is -2.14. The topological polar surface area (TPSA) is 86.5 Å². The molecule has 0 fully saturated rings. The Morgan fingerprint density at radius 3 is 2.28 bits per heavy atom. The number of thioether (sulfide) groups is 1. The van der Waals surface area contributed by atoms with Gasteiger partial charge in [0.1, 0.15) is 11.5 Å². The van der Waals surface area contributed by atoms with Crippen LogP contribution in [0.3, 0.4) is 0 Å². The van der Waals surface area contributed by atoms with Gasteiger partial charge in [-0.15, -0.1) is 10.2 Å². The summed E-state index contributed by atoms with van der Waals surface area (Å²) in [5, 5.41) is 11.0. The molecule has 0 aliphatic rings. The third-order valence-electron chi connectivity index (χ3n) is 4.38. The molecule has 0 saturated heterocycles. The van der Waals surface area contributed by atoms with E-state index in [1.807, 2.05) is 32.0 Å². The van der Waals surface area contributed by atoms with Crippen LogP contribution in [-0.2, 0) is 4.79 Å². The predicted octanol–water partition coefficient (Wildman–Crippen LogP) is 4.49. The molecule has 8 heteroatoms. The van der Waals surface area contributed by atoms with E-state index in [0.29, 0.717) is 28.2 Å². The maximum atomic E-state index is 12.6. The number of amides is 1. The molecule has 29 heavy (non-hydrogen) atoms. The smallest absolute Gasteiger partial charge is 0.277 e. The second-order valence-corrected chi connectivity index (χ2v) is 7.78. The number of rotatable bonds is 7. The molecule has 0 aliphatic heterocycles. The van der Waals surface area contributed by atoms with E-state index in [0.717, 1.165) is 16.8 Å². The average Bonchev–Trinajstić information content (AvgIpc) is 3.18. The lowest BCUT2D eigenvalue weighted by Crippen LogP contribution is -2.23.